The fourth-order valence-electron chi connectivity index (χ4n) is 3.31. The minimum Gasteiger partial charge on any atom is -0.380 e. The summed E-state index contributed by atoms with van der Waals surface area (Å²) in [5.41, 5.74) is 5.98. The van der Waals surface area contributed by atoms with Crippen molar-refractivity contribution >= 4 is 8.07 Å². The molecule has 1 fully saturated rings. The molecule has 0 unspecified atom stereocenters. The molecule has 1 atom stereocenters. The van der Waals surface area contributed by atoms with Gasteiger partial charge >= 0.3 is 0 Å². The molecule has 0 aromatic carbocycles. The van der Waals surface area contributed by atoms with Crippen LogP contribution in [0.2, 0.25) is 16.6 Å². The Hall–Kier alpha value is -0.263. The predicted octanol–water partition coefficient (Wildman–Crippen LogP) is 4.24. The average molecular weight is 252 g/mol. The third-order valence-corrected chi connectivity index (χ3v) is 10.6. The summed E-state index contributed by atoms with van der Waals surface area (Å²) in [7, 11) is -1.51. The van der Waals surface area contributed by atoms with Crippen molar-refractivity contribution < 1.29 is 4.74 Å². The van der Waals surface area contributed by atoms with E-state index >= 15 is 0 Å². The Bertz CT molecular complexity index is 268. The molecule has 1 nitrogen and oxygen atoms in total. The zero-order valence-electron chi connectivity index (χ0n) is 12.3. The molecule has 1 saturated heterocycles. The molecular formula is C15H28OSi. The van der Waals surface area contributed by atoms with E-state index in [9.17, 15) is 0 Å². The topological polar surface area (TPSA) is 9.23 Å². The van der Waals surface area contributed by atoms with Crippen LogP contribution in [0.5, 0.6) is 0 Å². The second-order valence-corrected chi connectivity index (χ2v) is 11.8. The van der Waals surface area contributed by atoms with Gasteiger partial charge in [0.1, 0.15) is 8.07 Å². The maximum Gasteiger partial charge on any atom is 0.145 e. The van der Waals surface area contributed by atoms with Gasteiger partial charge in [0.05, 0.1) is 6.61 Å². The monoisotopic (exact) mass is 252 g/mol. The first kappa shape index (κ1) is 14.8. The van der Waals surface area contributed by atoms with Crippen molar-refractivity contribution in [2.24, 2.45) is 5.92 Å². The summed E-state index contributed by atoms with van der Waals surface area (Å²) in [4.78, 5) is 0. The molecule has 0 aromatic heterocycles. The normalized spacial score (nSPS) is 21.1. The van der Waals surface area contributed by atoms with Crippen molar-refractivity contribution in [3.05, 3.63) is 0 Å². The molecule has 0 amide bonds. The second kappa shape index (κ2) is 6.07. The van der Waals surface area contributed by atoms with Gasteiger partial charge in [0, 0.05) is 12.5 Å². The molecule has 1 rings (SSSR count). The molecule has 0 radical (unpaired) electrons. The summed E-state index contributed by atoms with van der Waals surface area (Å²) in [6.45, 7) is 16.0. The van der Waals surface area contributed by atoms with Gasteiger partial charge in [-0.3, -0.25) is 0 Å². The molecule has 0 bridgehead atoms. The van der Waals surface area contributed by atoms with E-state index in [0.717, 1.165) is 36.3 Å². The van der Waals surface area contributed by atoms with Crippen LogP contribution in [0.15, 0.2) is 0 Å². The summed E-state index contributed by atoms with van der Waals surface area (Å²) in [5, 5.41) is 0. The minimum absolute atomic E-state index is 0.498. The van der Waals surface area contributed by atoms with Gasteiger partial charge < -0.3 is 4.74 Å². The maximum atomic E-state index is 5.42. The van der Waals surface area contributed by atoms with E-state index in [1.54, 1.807) is 0 Å². The van der Waals surface area contributed by atoms with E-state index in [2.05, 4.69) is 53.0 Å². The lowest BCUT2D eigenvalue weighted by molar-refractivity contribution is 0.192. The summed E-state index contributed by atoms with van der Waals surface area (Å²) < 4.78 is 5.42. The lowest BCUT2D eigenvalue weighted by Gasteiger charge is -2.38. The molecule has 1 aliphatic rings. The van der Waals surface area contributed by atoms with Crippen LogP contribution in [0.1, 0.15) is 48.0 Å². The van der Waals surface area contributed by atoms with Crippen LogP contribution in [0.3, 0.4) is 0 Å². The predicted molar refractivity (Wildman–Crippen MR) is 77.8 cm³/mol. The SMILES string of the molecule is CC(C)[Si](C#C[C@H]1CCOC1)(C(C)C)C(C)C. The van der Waals surface area contributed by atoms with Crippen molar-refractivity contribution in [2.75, 3.05) is 13.2 Å². The highest BCUT2D eigenvalue weighted by Crippen LogP contribution is 2.40. The number of hydrogen-bond donors (Lipinski definition) is 0. The first-order chi connectivity index (χ1) is 7.91. The molecule has 1 aliphatic heterocycles. The van der Waals surface area contributed by atoms with Gasteiger partial charge in [0.25, 0.3) is 0 Å². The van der Waals surface area contributed by atoms with Gasteiger partial charge in [-0.2, -0.15) is 0 Å². The summed E-state index contributed by atoms with van der Waals surface area (Å²) in [6, 6.07) is 0. The van der Waals surface area contributed by atoms with E-state index in [1.165, 1.54) is 0 Å². The zero-order valence-corrected chi connectivity index (χ0v) is 13.3. The quantitative estimate of drug-likeness (QED) is 0.539. The number of hydrogen-bond acceptors (Lipinski definition) is 1. The molecule has 0 aromatic rings. The van der Waals surface area contributed by atoms with Gasteiger partial charge in [0.2, 0.25) is 0 Å². The van der Waals surface area contributed by atoms with Gasteiger partial charge in [-0.1, -0.05) is 41.5 Å². The van der Waals surface area contributed by atoms with Crippen LogP contribution in [0.4, 0.5) is 0 Å². The molecule has 0 N–H and O–H groups in total. The minimum atomic E-state index is -1.51. The molecule has 1 heterocycles. The van der Waals surface area contributed by atoms with Crippen molar-refractivity contribution in [1.82, 2.24) is 0 Å². The van der Waals surface area contributed by atoms with Gasteiger partial charge in [-0.15, -0.1) is 11.5 Å². The Morgan fingerprint density at radius 1 is 1.00 bits per heavy atom. The molecule has 2 heteroatoms. The summed E-state index contributed by atoms with van der Waals surface area (Å²) in [6.07, 6.45) is 1.13. The second-order valence-electron chi connectivity index (χ2n) is 6.23. The van der Waals surface area contributed by atoms with Gasteiger partial charge in [-0.25, -0.2) is 0 Å². The van der Waals surface area contributed by atoms with Crippen molar-refractivity contribution in [3.63, 3.8) is 0 Å². The van der Waals surface area contributed by atoms with Crippen LogP contribution in [0, 0.1) is 17.4 Å². The van der Waals surface area contributed by atoms with Crippen LogP contribution in [-0.4, -0.2) is 21.3 Å². The van der Waals surface area contributed by atoms with Crippen molar-refractivity contribution in [3.8, 4) is 11.5 Å². The first-order valence-corrected chi connectivity index (χ1v) is 9.24. The highest BCUT2D eigenvalue weighted by molar-refractivity contribution is 6.90. The Labute approximate surface area is 108 Å². The average Bonchev–Trinajstić information content (AvgIpc) is 2.69. The van der Waals surface area contributed by atoms with E-state index < -0.39 is 8.07 Å². The molecule has 98 valence electrons. The first-order valence-electron chi connectivity index (χ1n) is 7.01. The van der Waals surface area contributed by atoms with E-state index in [1.807, 2.05) is 0 Å². The van der Waals surface area contributed by atoms with Crippen molar-refractivity contribution in [2.45, 2.75) is 64.6 Å². The van der Waals surface area contributed by atoms with E-state index in [0.29, 0.717) is 5.92 Å². The van der Waals surface area contributed by atoms with Crippen molar-refractivity contribution in [1.29, 1.82) is 0 Å². The highest BCUT2D eigenvalue weighted by Gasteiger charge is 2.41. The Morgan fingerprint density at radius 3 is 1.88 bits per heavy atom. The molecule has 0 aliphatic carbocycles. The van der Waals surface area contributed by atoms with Gasteiger partial charge in [0.15, 0.2) is 0 Å². The Balaban J connectivity index is 2.96. The van der Waals surface area contributed by atoms with E-state index in [-0.39, 0.29) is 0 Å². The Kier molecular flexibility index (Phi) is 5.28. The highest BCUT2D eigenvalue weighted by atomic mass is 28.3. The summed E-state index contributed by atoms with van der Waals surface area (Å²) >= 11 is 0. The van der Waals surface area contributed by atoms with E-state index in [4.69, 9.17) is 4.74 Å². The largest absolute Gasteiger partial charge is 0.380 e. The molecule has 17 heavy (non-hydrogen) atoms. The third kappa shape index (κ3) is 3.14. The number of rotatable bonds is 3. The smallest absolute Gasteiger partial charge is 0.145 e. The summed E-state index contributed by atoms with van der Waals surface area (Å²) in [5.74, 6) is 4.05. The zero-order chi connectivity index (χ0) is 13.1. The maximum absolute atomic E-state index is 5.42. The molecular weight excluding hydrogens is 224 g/mol. The van der Waals surface area contributed by atoms with Crippen LogP contribution < -0.4 is 0 Å². The third-order valence-electron chi connectivity index (χ3n) is 4.29. The fraction of sp³-hybridized carbons (Fsp3) is 0.867. The molecule has 0 saturated carbocycles. The van der Waals surface area contributed by atoms with Gasteiger partial charge in [-0.05, 0) is 23.0 Å². The van der Waals surface area contributed by atoms with Crippen LogP contribution in [0.25, 0.3) is 0 Å². The lowest BCUT2D eigenvalue weighted by atomic mass is 10.1. The Morgan fingerprint density at radius 2 is 1.53 bits per heavy atom. The fourth-order valence-corrected chi connectivity index (χ4v) is 8.63. The number of ether oxygens (including phenoxy) is 1. The lowest BCUT2D eigenvalue weighted by Crippen LogP contribution is -2.43. The molecule has 0 spiro atoms. The van der Waals surface area contributed by atoms with Crippen LogP contribution in [-0.2, 0) is 4.74 Å². The standard InChI is InChI=1S/C15H28OSi/c1-12(2)17(13(3)4,14(5)6)10-8-15-7-9-16-11-15/h12-15H,7,9,11H2,1-6H3/t15-/m1/s1. The van der Waals surface area contributed by atoms with Crippen LogP contribution >= 0.6 is 0 Å².